The summed E-state index contributed by atoms with van der Waals surface area (Å²) in [6.07, 6.45) is 14.0. The molecule has 446 valence electrons. The van der Waals surface area contributed by atoms with Gasteiger partial charge in [0, 0.05) is 136 Å². The van der Waals surface area contributed by atoms with Gasteiger partial charge in [0.05, 0.1) is 29.1 Å². The number of nitrogen functional groups attached to an aromatic ring is 2. The Morgan fingerprint density at radius 2 is 1.02 bits per heavy atom. The number of hydrogen-bond donors (Lipinski definition) is 7. The number of nitrogens with zero attached hydrogens (tertiary/aromatic N) is 13. The summed E-state index contributed by atoms with van der Waals surface area (Å²) in [5.74, 6) is -1.07. The first-order chi connectivity index (χ1) is 40.5. The predicted molar refractivity (Wildman–Crippen MR) is 327 cm³/mol. The van der Waals surface area contributed by atoms with Crippen LogP contribution in [0, 0.1) is 12.7 Å². The first-order valence-corrected chi connectivity index (χ1v) is 29.2. The molecule has 2 aliphatic heterocycles. The van der Waals surface area contributed by atoms with Gasteiger partial charge in [0.2, 0.25) is 0 Å². The van der Waals surface area contributed by atoms with Gasteiger partial charge in [-0.3, -0.25) is 24.5 Å². The van der Waals surface area contributed by atoms with E-state index in [-0.39, 0.29) is 11.9 Å². The number of aryl methyl sites for hydroxylation is 1. The summed E-state index contributed by atoms with van der Waals surface area (Å²) >= 11 is 6.17. The highest BCUT2D eigenvalue weighted by Gasteiger charge is 2.33. The number of aliphatic carboxylic acids is 2. The van der Waals surface area contributed by atoms with Crippen LogP contribution in [0.1, 0.15) is 94.1 Å². The van der Waals surface area contributed by atoms with Crippen molar-refractivity contribution in [1.82, 2.24) is 69.3 Å². The molecule has 7 heterocycles. The summed E-state index contributed by atoms with van der Waals surface area (Å²) in [7, 11) is 4.42. The maximum absolute atomic E-state index is 14.1. The van der Waals surface area contributed by atoms with Crippen LogP contribution in [0.4, 0.5) is 27.4 Å². The van der Waals surface area contributed by atoms with E-state index in [1.165, 1.54) is 51.4 Å². The van der Waals surface area contributed by atoms with Crippen LogP contribution in [-0.4, -0.2) is 170 Å². The zero-order valence-corrected chi connectivity index (χ0v) is 49.3. The Morgan fingerprint density at radius 1 is 0.619 bits per heavy atom. The fourth-order valence-corrected chi connectivity index (χ4v) is 12.0. The Kier molecular flexibility index (Phi) is 20.4. The van der Waals surface area contributed by atoms with E-state index in [0.29, 0.717) is 46.9 Å². The number of nitrogens with two attached hydrogens (primary N) is 2. The Balaban J connectivity index is 0.000000179. The molecule has 0 spiro atoms. The van der Waals surface area contributed by atoms with Crippen LogP contribution in [0.5, 0.6) is 0 Å². The SMILES string of the molecule is CC(=O)O.CC(=O)O.CN1CCN([C@H]2CC[C@H](n3nc(-c4ccc(NCc5c(F)cccc5Cl)cc4)c4c(N)ncnc43)CC2)CC1.Cc1[nH]ncc1CNc1ccc(-c2nn([C@H]3CC[C@H](N4CCN(C)CC4)CC3)c3ncnc(N)c23)cc1. The Hall–Kier alpha value is -7.83. The van der Waals surface area contributed by atoms with Gasteiger partial charge in [-0.05, 0) is 109 Å². The van der Waals surface area contributed by atoms with E-state index >= 15 is 0 Å². The first kappa shape index (κ1) is 60.8. The molecule has 2 saturated heterocycles. The molecule has 0 bridgehead atoms. The summed E-state index contributed by atoms with van der Waals surface area (Å²) in [5, 5.41) is 40.8. The third kappa shape index (κ3) is 15.1. The molecule has 4 aliphatic rings. The average Bonchev–Trinajstić information content (AvgIpc) is 4.19. The van der Waals surface area contributed by atoms with Crippen molar-refractivity contribution in [2.45, 2.75) is 109 Å². The van der Waals surface area contributed by atoms with Crippen LogP contribution >= 0.6 is 11.6 Å². The lowest BCUT2D eigenvalue weighted by Crippen LogP contribution is -2.49. The number of carbonyl (C=O) groups is 2. The van der Waals surface area contributed by atoms with Crippen LogP contribution in [0.15, 0.2) is 85.6 Å². The van der Waals surface area contributed by atoms with Crippen LogP contribution in [0.2, 0.25) is 5.02 Å². The van der Waals surface area contributed by atoms with Crippen molar-refractivity contribution in [3.63, 3.8) is 0 Å². The molecule has 2 aliphatic carbocycles. The van der Waals surface area contributed by atoms with E-state index in [9.17, 15) is 4.39 Å². The largest absolute Gasteiger partial charge is 0.481 e. The second kappa shape index (κ2) is 28.2. The number of aromatic nitrogens is 10. The highest BCUT2D eigenvalue weighted by molar-refractivity contribution is 6.31. The summed E-state index contributed by atoms with van der Waals surface area (Å²) in [6.45, 7) is 14.5. The number of aromatic amines is 1. The Morgan fingerprint density at radius 3 is 1.42 bits per heavy atom. The van der Waals surface area contributed by atoms with Gasteiger partial charge in [-0.2, -0.15) is 15.3 Å². The normalized spacial score (nSPS) is 19.8. The number of carboxylic acid groups (broad SMARTS) is 2. The van der Waals surface area contributed by atoms with Crippen molar-refractivity contribution in [3.05, 3.63) is 113 Å². The van der Waals surface area contributed by atoms with Crippen molar-refractivity contribution in [1.29, 1.82) is 0 Å². The molecule has 8 aromatic rings. The van der Waals surface area contributed by atoms with Crippen molar-refractivity contribution >= 4 is 68.6 Å². The van der Waals surface area contributed by atoms with E-state index in [4.69, 9.17) is 53.1 Å². The van der Waals surface area contributed by atoms with Crippen LogP contribution in [0.25, 0.3) is 44.6 Å². The highest BCUT2D eigenvalue weighted by Crippen LogP contribution is 2.39. The molecular weight excluding hydrogens is 1090 g/mol. The van der Waals surface area contributed by atoms with E-state index in [1.807, 2.05) is 37.4 Å². The topological polar surface area (TPSA) is 280 Å². The number of nitrogens with one attached hydrogen (secondary N) is 3. The minimum atomic E-state index is -0.833. The third-order valence-electron chi connectivity index (χ3n) is 16.4. The molecule has 2 saturated carbocycles. The molecule has 0 atom stereocenters. The van der Waals surface area contributed by atoms with Crippen molar-refractivity contribution in [2.75, 3.05) is 88.6 Å². The highest BCUT2D eigenvalue weighted by atomic mass is 35.5. The number of anilines is 4. The third-order valence-corrected chi connectivity index (χ3v) is 16.8. The minimum Gasteiger partial charge on any atom is -0.481 e. The smallest absolute Gasteiger partial charge is 0.300 e. The number of likely N-dealkylation sites (N-methyl/N-ethyl adjacent to an activating group) is 2. The molecule has 5 aromatic heterocycles. The summed E-state index contributed by atoms with van der Waals surface area (Å²) in [6, 6.07) is 22.9. The molecule has 12 rings (SSSR count). The molecule has 9 N–H and O–H groups in total. The minimum absolute atomic E-state index is 0.283. The fraction of sp³-hybridized carbons (Fsp3) is 0.450. The van der Waals surface area contributed by atoms with E-state index in [2.05, 4.69) is 108 Å². The Bertz CT molecular complexity index is 3410. The van der Waals surface area contributed by atoms with E-state index in [1.54, 1.807) is 18.5 Å². The van der Waals surface area contributed by atoms with Crippen LogP contribution in [-0.2, 0) is 22.7 Å². The zero-order chi connectivity index (χ0) is 59.4. The number of hydrogen-bond acceptors (Lipinski definition) is 17. The molecule has 84 heavy (non-hydrogen) atoms. The number of fused-ring (bicyclic) bond motifs is 2. The van der Waals surface area contributed by atoms with Gasteiger partial charge in [-0.15, -0.1) is 0 Å². The lowest BCUT2D eigenvalue weighted by atomic mass is 9.90. The molecule has 3 aromatic carbocycles. The molecular formula is C60H78ClFN18O4. The molecule has 4 fully saturated rings. The lowest BCUT2D eigenvalue weighted by molar-refractivity contribution is -0.135. The average molecular weight is 1170 g/mol. The predicted octanol–water partition coefficient (Wildman–Crippen LogP) is 8.84. The number of benzene rings is 3. The maximum Gasteiger partial charge on any atom is 0.300 e. The standard InChI is InChI=1S/C29H34ClFN8.C27H36N10.2C2H4O2/c1-37-13-15-38(16-14-37)21-9-11-22(12-10-21)39-29-26(28(32)34-18-35-29)27(36-39)19-5-7-20(8-6-19)33-17-23-24(30)3-2-4-25(23)31;1-18-20(16-32-33-18)15-29-21-5-3-19(4-6-21)25-24-26(28)30-17-31-27(24)37(34-25)23-9-7-22(8-10-23)36-13-11-35(2)12-14-36;2*1-2(3)4/h2-8,18,21-22,33H,9-17H2,1H3,(H2,32,34,35);3-6,16-17,22-23,29H,7-15H2,1-2H3,(H,32,33)(H2,28,30,31);2*1H3,(H,3,4)/t21-,22-;22-,23-;;. The molecule has 0 unspecified atom stereocenters. The molecule has 0 amide bonds. The van der Waals surface area contributed by atoms with E-state index in [0.717, 1.165) is 152 Å². The molecule has 22 nitrogen and oxygen atoms in total. The number of piperazine rings is 2. The van der Waals surface area contributed by atoms with Gasteiger partial charge in [-0.1, -0.05) is 41.9 Å². The lowest BCUT2D eigenvalue weighted by Gasteiger charge is -2.41. The molecule has 0 radical (unpaired) electrons. The van der Waals surface area contributed by atoms with Gasteiger partial charge < -0.3 is 42.1 Å². The fourth-order valence-electron chi connectivity index (χ4n) is 11.7. The summed E-state index contributed by atoms with van der Waals surface area (Å²) in [5.41, 5.74) is 22.5. The van der Waals surface area contributed by atoms with E-state index < -0.39 is 11.9 Å². The van der Waals surface area contributed by atoms with Crippen LogP contribution < -0.4 is 22.1 Å². The quantitative estimate of drug-likeness (QED) is 0.0601. The number of carboxylic acids is 2. The van der Waals surface area contributed by atoms with Crippen LogP contribution in [0.3, 0.4) is 0 Å². The Labute approximate surface area is 493 Å². The van der Waals surface area contributed by atoms with Crippen molar-refractivity contribution < 1.29 is 24.2 Å². The van der Waals surface area contributed by atoms with Gasteiger partial charge in [-0.25, -0.2) is 33.7 Å². The number of H-pyrrole nitrogens is 1. The summed E-state index contributed by atoms with van der Waals surface area (Å²) in [4.78, 5) is 46.0. The van der Waals surface area contributed by atoms with Crippen molar-refractivity contribution in [3.8, 4) is 22.5 Å². The summed E-state index contributed by atoms with van der Waals surface area (Å²) < 4.78 is 18.3. The van der Waals surface area contributed by atoms with Gasteiger partial charge in [0.1, 0.15) is 41.5 Å². The second-order valence-electron chi connectivity index (χ2n) is 22.2. The first-order valence-electron chi connectivity index (χ1n) is 28.8. The zero-order valence-electron chi connectivity index (χ0n) is 48.6. The number of halogens is 2. The molecule has 24 heteroatoms. The van der Waals surface area contributed by atoms with Gasteiger partial charge >= 0.3 is 0 Å². The van der Waals surface area contributed by atoms with Gasteiger partial charge in [0.15, 0.2) is 11.3 Å². The second-order valence-corrected chi connectivity index (χ2v) is 22.6. The number of rotatable bonds is 12. The van der Waals surface area contributed by atoms with Gasteiger partial charge in [0.25, 0.3) is 11.9 Å². The maximum atomic E-state index is 14.1. The monoisotopic (exact) mass is 1170 g/mol. The van der Waals surface area contributed by atoms with Crippen molar-refractivity contribution in [2.24, 2.45) is 0 Å².